The lowest BCUT2D eigenvalue weighted by atomic mass is 10.4. The normalized spacial score (nSPS) is 17.8. The van der Waals surface area contributed by atoms with Crippen LogP contribution in [0.5, 0.6) is 0 Å². The lowest BCUT2D eigenvalue weighted by molar-refractivity contribution is 0.352. The zero-order chi connectivity index (χ0) is 6.69. The summed E-state index contributed by atoms with van der Waals surface area (Å²) in [5.41, 5.74) is 5.25. The molecule has 0 aromatic rings. The van der Waals surface area contributed by atoms with Gasteiger partial charge in [-0.1, -0.05) is 0 Å². The second-order valence-corrected chi connectivity index (χ2v) is 2.12. The zero-order valence-corrected chi connectivity index (χ0v) is 6.58. The molecule has 0 aromatic carbocycles. The van der Waals surface area contributed by atoms with Crippen LogP contribution in [-0.4, -0.2) is 37.0 Å². The summed E-state index contributed by atoms with van der Waals surface area (Å²) in [5, 5.41) is 10.2. The van der Waals surface area contributed by atoms with Crippen LogP contribution in [0, 0.1) is 5.41 Å². The van der Waals surface area contributed by atoms with Crippen molar-refractivity contribution >= 4 is 18.4 Å². The van der Waals surface area contributed by atoms with Crippen LogP contribution in [0.3, 0.4) is 0 Å². The summed E-state index contributed by atoms with van der Waals surface area (Å²) in [7, 11) is 0. The third kappa shape index (κ3) is 2.41. The van der Waals surface area contributed by atoms with Gasteiger partial charge in [-0.2, -0.15) is 0 Å². The molecule has 1 rings (SSSR count). The van der Waals surface area contributed by atoms with Crippen molar-refractivity contribution in [3.63, 3.8) is 0 Å². The first-order valence-corrected chi connectivity index (χ1v) is 3.10. The largest absolute Gasteiger partial charge is 0.370 e. The Morgan fingerprint density at radius 3 is 2.20 bits per heavy atom. The molecule has 0 saturated carbocycles. The van der Waals surface area contributed by atoms with Gasteiger partial charge in [0.05, 0.1) is 0 Å². The highest BCUT2D eigenvalue weighted by molar-refractivity contribution is 5.85. The summed E-state index contributed by atoms with van der Waals surface area (Å²) in [6, 6.07) is 0. The van der Waals surface area contributed by atoms with Gasteiger partial charge in [0.1, 0.15) is 0 Å². The number of hydrogen-bond donors (Lipinski definition) is 3. The number of nitrogens with zero attached hydrogens (tertiary/aromatic N) is 1. The second-order valence-electron chi connectivity index (χ2n) is 2.12. The Kier molecular flexibility index (Phi) is 4.14. The highest BCUT2D eigenvalue weighted by Crippen LogP contribution is 1.88. The van der Waals surface area contributed by atoms with Gasteiger partial charge < -0.3 is 16.0 Å². The molecule has 0 amide bonds. The van der Waals surface area contributed by atoms with Crippen LogP contribution < -0.4 is 11.1 Å². The van der Waals surface area contributed by atoms with Crippen molar-refractivity contribution in [2.24, 2.45) is 5.73 Å². The molecule has 1 fully saturated rings. The number of rotatable bonds is 0. The van der Waals surface area contributed by atoms with Gasteiger partial charge in [0.15, 0.2) is 5.96 Å². The van der Waals surface area contributed by atoms with Crippen LogP contribution in [0.4, 0.5) is 0 Å². The third-order valence-corrected chi connectivity index (χ3v) is 1.46. The highest BCUT2D eigenvalue weighted by atomic mass is 35.5. The van der Waals surface area contributed by atoms with Crippen LogP contribution in [0.1, 0.15) is 0 Å². The Labute approximate surface area is 66.7 Å². The quantitative estimate of drug-likeness (QED) is 0.325. The molecular formula is C5H13ClN4. The Morgan fingerprint density at radius 1 is 1.40 bits per heavy atom. The first-order valence-electron chi connectivity index (χ1n) is 3.10. The van der Waals surface area contributed by atoms with E-state index in [0.717, 1.165) is 26.2 Å². The van der Waals surface area contributed by atoms with E-state index in [1.165, 1.54) is 0 Å². The SMILES string of the molecule is Cl.N=C(N)N1CCNCC1. The maximum Gasteiger partial charge on any atom is 0.188 e. The van der Waals surface area contributed by atoms with Gasteiger partial charge >= 0.3 is 0 Å². The van der Waals surface area contributed by atoms with Gasteiger partial charge in [0.2, 0.25) is 0 Å². The maximum absolute atomic E-state index is 7.06. The van der Waals surface area contributed by atoms with Crippen molar-refractivity contribution in [3.8, 4) is 0 Å². The Hall–Kier alpha value is -0.480. The standard InChI is InChI=1S/C5H12N4.ClH/c6-5(7)9-3-1-8-2-4-9;/h8H,1-4H2,(H3,6,7);1H. The number of halogens is 1. The van der Waals surface area contributed by atoms with Gasteiger partial charge in [-0.15, -0.1) is 12.4 Å². The van der Waals surface area contributed by atoms with Gasteiger partial charge in [-0.05, 0) is 0 Å². The minimum absolute atomic E-state index is 0. The van der Waals surface area contributed by atoms with E-state index in [1.807, 2.05) is 4.90 Å². The molecule has 60 valence electrons. The molecule has 0 aromatic heterocycles. The van der Waals surface area contributed by atoms with E-state index in [-0.39, 0.29) is 18.4 Å². The number of nitrogens with two attached hydrogens (primary N) is 1. The third-order valence-electron chi connectivity index (χ3n) is 1.46. The topological polar surface area (TPSA) is 65.1 Å². The highest BCUT2D eigenvalue weighted by Gasteiger charge is 2.08. The fourth-order valence-corrected chi connectivity index (χ4v) is 0.906. The number of hydrogen-bond acceptors (Lipinski definition) is 2. The number of guanidine groups is 1. The smallest absolute Gasteiger partial charge is 0.188 e. The van der Waals surface area contributed by atoms with Crippen molar-refractivity contribution in [1.29, 1.82) is 5.41 Å². The van der Waals surface area contributed by atoms with E-state index in [2.05, 4.69) is 5.32 Å². The van der Waals surface area contributed by atoms with E-state index in [9.17, 15) is 0 Å². The lowest BCUT2D eigenvalue weighted by Crippen LogP contribution is -2.48. The van der Waals surface area contributed by atoms with Gasteiger partial charge in [0, 0.05) is 26.2 Å². The monoisotopic (exact) mass is 164 g/mol. The Bertz CT molecular complexity index is 110. The molecule has 4 N–H and O–H groups in total. The predicted molar refractivity (Wildman–Crippen MR) is 43.6 cm³/mol. The van der Waals surface area contributed by atoms with Crippen LogP contribution in [0.25, 0.3) is 0 Å². The van der Waals surface area contributed by atoms with E-state index in [1.54, 1.807) is 0 Å². The number of nitrogens with one attached hydrogen (secondary N) is 2. The van der Waals surface area contributed by atoms with Crippen LogP contribution in [0.2, 0.25) is 0 Å². The maximum atomic E-state index is 7.06. The molecule has 5 heteroatoms. The van der Waals surface area contributed by atoms with Crippen molar-refractivity contribution in [1.82, 2.24) is 10.2 Å². The van der Waals surface area contributed by atoms with Crippen LogP contribution >= 0.6 is 12.4 Å². The Balaban J connectivity index is 0.000000810. The average Bonchev–Trinajstić information content (AvgIpc) is 1.90. The molecular weight excluding hydrogens is 152 g/mol. The summed E-state index contributed by atoms with van der Waals surface area (Å²) in [4.78, 5) is 1.86. The molecule has 10 heavy (non-hydrogen) atoms. The predicted octanol–water partition coefficient (Wildman–Crippen LogP) is -0.793. The molecule has 1 aliphatic rings. The minimum Gasteiger partial charge on any atom is -0.370 e. The fraction of sp³-hybridized carbons (Fsp3) is 0.800. The first kappa shape index (κ1) is 9.52. The molecule has 1 aliphatic heterocycles. The summed E-state index contributed by atoms with van der Waals surface area (Å²) >= 11 is 0. The minimum atomic E-state index is 0. The van der Waals surface area contributed by atoms with Crippen LogP contribution in [-0.2, 0) is 0 Å². The van der Waals surface area contributed by atoms with E-state index in [4.69, 9.17) is 11.1 Å². The summed E-state index contributed by atoms with van der Waals surface area (Å²) < 4.78 is 0. The molecule has 0 aliphatic carbocycles. The van der Waals surface area contributed by atoms with Crippen molar-refractivity contribution in [2.75, 3.05) is 26.2 Å². The first-order chi connectivity index (χ1) is 4.30. The molecule has 4 nitrogen and oxygen atoms in total. The van der Waals surface area contributed by atoms with E-state index in [0.29, 0.717) is 0 Å². The molecule has 1 heterocycles. The molecule has 0 atom stereocenters. The molecule has 0 radical (unpaired) electrons. The zero-order valence-electron chi connectivity index (χ0n) is 5.76. The second kappa shape index (κ2) is 4.35. The average molecular weight is 165 g/mol. The van der Waals surface area contributed by atoms with Crippen molar-refractivity contribution in [2.45, 2.75) is 0 Å². The van der Waals surface area contributed by atoms with Gasteiger partial charge in [0.25, 0.3) is 0 Å². The van der Waals surface area contributed by atoms with Crippen LogP contribution in [0.15, 0.2) is 0 Å². The lowest BCUT2D eigenvalue weighted by Gasteiger charge is -2.27. The van der Waals surface area contributed by atoms with Crippen molar-refractivity contribution < 1.29 is 0 Å². The Morgan fingerprint density at radius 2 is 1.90 bits per heavy atom. The molecule has 0 unspecified atom stereocenters. The summed E-state index contributed by atoms with van der Waals surface area (Å²) in [6.07, 6.45) is 0. The van der Waals surface area contributed by atoms with Gasteiger partial charge in [-0.25, -0.2) is 0 Å². The van der Waals surface area contributed by atoms with E-state index < -0.39 is 0 Å². The van der Waals surface area contributed by atoms with Crippen molar-refractivity contribution in [3.05, 3.63) is 0 Å². The summed E-state index contributed by atoms with van der Waals surface area (Å²) in [5.74, 6) is 0.191. The fourth-order valence-electron chi connectivity index (χ4n) is 0.906. The number of piperazine rings is 1. The summed E-state index contributed by atoms with van der Waals surface area (Å²) in [6.45, 7) is 3.63. The molecule has 0 bridgehead atoms. The molecule has 0 spiro atoms. The van der Waals surface area contributed by atoms with E-state index >= 15 is 0 Å². The molecule has 1 saturated heterocycles. The van der Waals surface area contributed by atoms with Gasteiger partial charge in [-0.3, -0.25) is 5.41 Å².